The number of halogens is 1. The van der Waals surface area contributed by atoms with Crippen LogP contribution in [0, 0.1) is 0 Å². The van der Waals surface area contributed by atoms with Crippen LogP contribution in [-0.4, -0.2) is 32.8 Å². The number of hydrogen-bond donors (Lipinski definition) is 1. The zero-order chi connectivity index (χ0) is 25.8. The van der Waals surface area contributed by atoms with Crippen molar-refractivity contribution >= 4 is 5.91 Å². The molecule has 208 valence electrons. The number of ether oxygens (including phenoxy) is 3. The van der Waals surface area contributed by atoms with Crippen molar-refractivity contribution in [3.05, 3.63) is 48.3 Å². The van der Waals surface area contributed by atoms with Crippen LogP contribution >= 0.6 is 0 Å². The molecule has 1 amide bonds. The van der Waals surface area contributed by atoms with E-state index in [-0.39, 0.29) is 36.5 Å². The number of aromatic nitrogens is 1. The minimum absolute atomic E-state index is 0. The summed E-state index contributed by atoms with van der Waals surface area (Å²) in [6.45, 7) is 6.48. The number of rotatable bonds is 20. The smallest absolute Gasteiger partial charge is 0.257 e. The van der Waals surface area contributed by atoms with Gasteiger partial charge in [0.15, 0.2) is 30.0 Å². The van der Waals surface area contributed by atoms with E-state index in [4.69, 9.17) is 14.2 Å². The monoisotopic (exact) mass is 626 g/mol. The summed E-state index contributed by atoms with van der Waals surface area (Å²) in [7, 11) is 1.59. The first-order chi connectivity index (χ1) is 17.7. The number of nitrogens with zero attached hydrogens (tertiary/aromatic N) is 1. The molecule has 0 saturated heterocycles. The van der Waals surface area contributed by atoms with Crippen molar-refractivity contribution in [3.8, 4) is 17.2 Å². The van der Waals surface area contributed by atoms with Crippen molar-refractivity contribution in [1.29, 1.82) is 0 Å². The normalized spacial score (nSPS) is 10.5. The summed E-state index contributed by atoms with van der Waals surface area (Å²) >= 11 is 0. The van der Waals surface area contributed by atoms with Crippen LogP contribution in [0.3, 0.4) is 0 Å². The Morgan fingerprint density at radius 3 is 2.24 bits per heavy atom. The molecule has 0 spiro atoms. The van der Waals surface area contributed by atoms with Gasteiger partial charge in [-0.1, -0.05) is 70.8 Å². The molecule has 0 radical (unpaired) electrons. The van der Waals surface area contributed by atoms with Gasteiger partial charge in [0.2, 0.25) is 0 Å². The van der Waals surface area contributed by atoms with Gasteiger partial charge in [0, 0.05) is 31.2 Å². The van der Waals surface area contributed by atoms with E-state index in [0.717, 1.165) is 25.1 Å². The Morgan fingerprint density at radius 1 is 0.865 bits per heavy atom. The number of methoxy groups -OCH3 is 1. The fourth-order valence-electron chi connectivity index (χ4n) is 4.21. The van der Waals surface area contributed by atoms with Crippen LogP contribution in [0.4, 0.5) is 0 Å². The summed E-state index contributed by atoms with van der Waals surface area (Å²) in [4.78, 5) is 12.2. The van der Waals surface area contributed by atoms with Crippen molar-refractivity contribution in [2.45, 2.75) is 91.0 Å². The standard InChI is InChI=1S/C30H46N2O4.HI/c1-4-6-7-8-9-10-11-12-13-16-23-35-27-18-19-28(29(24-27)34-3)36-25-30(33)31-21-20-26-17-14-15-22-32(26)5-2;/h14-15,17-19,22,24H,4-13,16,20-21,23,25H2,1-3H3;1H. The van der Waals surface area contributed by atoms with E-state index in [2.05, 4.69) is 36.0 Å². The van der Waals surface area contributed by atoms with Crippen LogP contribution in [0.2, 0.25) is 0 Å². The molecule has 6 nitrogen and oxygen atoms in total. The van der Waals surface area contributed by atoms with Gasteiger partial charge >= 0.3 is 0 Å². The van der Waals surface area contributed by atoms with E-state index >= 15 is 0 Å². The van der Waals surface area contributed by atoms with Crippen molar-refractivity contribution in [2.24, 2.45) is 0 Å². The van der Waals surface area contributed by atoms with Crippen LogP contribution in [0.1, 0.15) is 83.7 Å². The number of unbranched alkanes of at least 4 members (excludes halogenated alkanes) is 9. The Balaban J connectivity index is 0.00000684. The molecule has 2 aromatic rings. The third-order valence-electron chi connectivity index (χ3n) is 6.34. The van der Waals surface area contributed by atoms with Gasteiger partial charge in [0.05, 0.1) is 13.7 Å². The predicted octanol–water partition coefficient (Wildman–Crippen LogP) is 3.04. The summed E-state index contributed by atoms with van der Waals surface area (Å²) in [5, 5.41) is 2.92. The highest BCUT2D eigenvalue weighted by molar-refractivity contribution is 5.77. The molecule has 1 aromatic heterocycles. The van der Waals surface area contributed by atoms with E-state index in [0.29, 0.717) is 24.7 Å². The highest BCUT2D eigenvalue weighted by Gasteiger charge is 2.11. The third-order valence-corrected chi connectivity index (χ3v) is 6.34. The molecule has 0 fully saturated rings. The molecule has 0 saturated carbocycles. The summed E-state index contributed by atoms with van der Waals surface area (Å²) in [5.41, 5.74) is 1.19. The van der Waals surface area contributed by atoms with Gasteiger partial charge in [-0.2, -0.15) is 0 Å². The fourth-order valence-corrected chi connectivity index (χ4v) is 4.21. The topological polar surface area (TPSA) is 60.7 Å². The Hall–Kier alpha value is -2.03. The first kappa shape index (κ1) is 33.0. The van der Waals surface area contributed by atoms with E-state index in [1.165, 1.54) is 63.5 Å². The Morgan fingerprint density at radius 2 is 1.57 bits per heavy atom. The zero-order valence-electron chi connectivity index (χ0n) is 23.1. The molecule has 0 atom stereocenters. The van der Waals surface area contributed by atoms with E-state index in [1.807, 2.05) is 24.3 Å². The summed E-state index contributed by atoms with van der Waals surface area (Å²) < 4.78 is 19.2. The minimum Gasteiger partial charge on any atom is -1.00 e. The molecular formula is C30H47IN2O4. The van der Waals surface area contributed by atoms with Crippen LogP contribution in [-0.2, 0) is 17.8 Å². The van der Waals surface area contributed by atoms with Crippen LogP contribution in [0.15, 0.2) is 42.6 Å². The Kier molecular flexibility index (Phi) is 18.7. The highest BCUT2D eigenvalue weighted by Crippen LogP contribution is 2.31. The lowest BCUT2D eigenvalue weighted by Gasteiger charge is -2.13. The number of benzene rings is 1. The third kappa shape index (κ3) is 13.9. The molecule has 1 heterocycles. The molecule has 0 unspecified atom stereocenters. The lowest BCUT2D eigenvalue weighted by molar-refractivity contribution is -0.700. The maximum absolute atomic E-state index is 12.2. The molecule has 0 aliphatic carbocycles. The maximum atomic E-state index is 12.2. The van der Waals surface area contributed by atoms with Crippen molar-refractivity contribution in [1.82, 2.24) is 5.32 Å². The van der Waals surface area contributed by atoms with Gasteiger partial charge in [-0.05, 0) is 25.5 Å². The van der Waals surface area contributed by atoms with E-state index in [9.17, 15) is 4.79 Å². The molecule has 7 heteroatoms. The van der Waals surface area contributed by atoms with Gasteiger partial charge in [-0.15, -0.1) is 0 Å². The van der Waals surface area contributed by atoms with Gasteiger partial charge in [-0.25, -0.2) is 4.57 Å². The fraction of sp³-hybridized carbons (Fsp3) is 0.600. The molecule has 0 aliphatic rings. The van der Waals surface area contributed by atoms with Crippen LogP contribution < -0.4 is 48.1 Å². The van der Waals surface area contributed by atoms with Gasteiger partial charge in [-0.3, -0.25) is 4.79 Å². The number of hydrogen-bond acceptors (Lipinski definition) is 4. The molecular weight excluding hydrogens is 579 g/mol. The number of carbonyl (C=O) groups excluding carboxylic acids is 1. The lowest BCUT2D eigenvalue weighted by atomic mass is 10.1. The second-order valence-electron chi connectivity index (χ2n) is 9.21. The first-order valence-corrected chi connectivity index (χ1v) is 13.9. The van der Waals surface area contributed by atoms with Crippen LogP contribution in [0.25, 0.3) is 0 Å². The predicted molar refractivity (Wildman–Crippen MR) is 145 cm³/mol. The molecule has 37 heavy (non-hydrogen) atoms. The summed E-state index contributed by atoms with van der Waals surface area (Å²) in [5.74, 6) is 1.70. The number of carbonyl (C=O) groups is 1. The quantitative estimate of drug-likeness (QED) is 0.140. The Labute approximate surface area is 241 Å². The molecule has 0 bridgehead atoms. The SMILES string of the molecule is CCCCCCCCCCCCOc1ccc(OCC(=O)NCCc2cccc[n+]2CC)c(OC)c1.[I-]. The minimum atomic E-state index is -0.155. The number of aryl methyl sites for hydroxylation is 1. The zero-order valence-corrected chi connectivity index (χ0v) is 25.3. The van der Waals surface area contributed by atoms with Crippen molar-refractivity contribution in [3.63, 3.8) is 0 Å². The second-order valence-corrected chi connectivity index (χ2v) is 9.21. The molecule has 1 N–H and O–H groups in total. The lowest BCUT2D eigenvalue weighted by Crippen LogP contribution is -3.00. The number of nitrogens with one attached hydrogen (secondary N) is 1. The molecule has 2 rings (SSSR count). The number of amides is 1. The molecule has 0 aliphatic heterocycles. The van der Waals surface area contributed by atoms with Crippen molar-refractivity contribution in [2.75, 3.05) is 26.9 Å². The average molecular weight is 627 g/mol. The van der Waals surface area contributed by atoms with Gasteiger partial charge in [0.1, 0.15) is 12.3 Å². The number of pyridine rings is 1. The van der Waals surface area contributed by atoms with Crippen molar-refractivity contribution < 1.29 is 47.5 Å². The summed E-state index contributed by atoms with van der Waals surface area (Å²) in [6.07, 6.45) is 15.9. The van der Waals surface area contributed by atoms with Crippen LogP contribution in [0.5, 0.6) is 17.2 Å². The highest BCUT2D eigenvalue weighted by atomic mass is 127. The largest absolute Gasteiger partial charge is 1.00 e. The second kappa shape index (κ2) is 21.0. The molecule has 1 aromatic carbocycles. The average Bonchev–Trinajstić information content (AvgIpc) is 2.91. The van der Waals surface area contributed by atoms with E-state index < -0.39 is 0 Å². The first-order valence-electron chi connectivity index (χ1n) is 13.9. The van der Waals surface area contributed by atoms with Gasteiger partial charge in [0.25, 0.3) is 5.91 Å². The van der Waals surface area contributed by atoms with E-state index in [1.54, 1.807) is 13.2 Å². The van der Waals surface area contributed by atoms with Gasteiger partial charge < -0.3 is 43.5 Å². The maximum Gasteiger partial charge on any atom is 0.257 e. The Bertz CT molecular complexity index is 878. The summed E-state index contributed by atoms with van der Waals surface area (Å²) in [6, 6.07) is 11.6.